The highest BCUT2D eigenvalue weighted by Gasteiger charge is 2.14. The number of hydrogen-bond donors (Lipinski definition) is 2. The molecule has 0 saturated carbocycles. The minimum atomic E-state index is -3.57. The Morgan fingerprint density at radius 2 is 1.59 bits per heavy atom. The average molecular weight is 453 g/mol. The minimum Gasteiger partial charge on any atom is -0.495 e. The number of hydrogen-bond acceptors (Lipinski definition) is 4. The fourth-order valence-electron chi connectivity index (χ4n) is 3.28. The Bertz CT molecular complexity index is 1140. The molecule has 0 heterocycles. The van der Waals surface area contributed by atoms with Crippen LogP contribution < -0.4 is 14.8 Å². The van der Waals surface area contributed by atoms with Crippen molar-refractivity contribution in [2.45, 2.75) is 31.1 Å². The number of nitrogens with one attached hydrogen (secondary N) is 2. The summed E-state index contributed by atoms with van der Waals surface area (Å²) in [6.07, 6.45) is 1.40. The predicted molar refractivity (Wildman–Crippen MR) is 126 cm³/mol. The third-order valence-electron chi connectivity index (χ3n) is 5.05. The maximum absolute atomic E-state index is 12.5. The van der Waals surface area contributed by atoms with Gasteiger partial charge in [0.1, 0.15) is 5.75 Å². The van der Waals surface area contributed by atoms with Gasteiger partial charge in [-0.3, -0.25) is 4.79 Å². The molecule has 0 unspecified atom stereocenters. The van der Waals surface area contributed by atoms with E-state index in [0.717, 1.165) is 16.7 Å². The van der Waals surface area contributed by atoms with Crippen LogP contribution in [0.3, 0.4) is 0 Å². The van der Waals surface area contributed by atoms with Gasteiger partial charge in [0.15, 0.2) is 0 Å². The Hall–Kier alpha value is -3.16. The monoisotopic (exact) mass is 452 g/mol. The van der Waals surface area contributed by atoms with Gasteiger partial charge < -0.3 is 10.1 Å². The van der Waals surface area contributed by atoms with Crippen LogP contribution in [0.1, 0.15) is 23.1 Å². The number of anilines is 1. The first-order valence-electron chi connectivity index (χ1n) is 10.4. The molecule has 32 heavy (non-hydrogen) atoms. The molecule has 0 aliphatic heterocycles. The van der Waals surface area contributed by atoms with Gasteiger partial charge in [-0.05, 0) is 60.7 Å². The molecular weight excluding hydrogens is 424 g/mol. The molecule has 6 nitrogen and oxygen atoms in total. The lowest BCUT2D eigenvalue weighted by Gasteiger charge is -2.11. The maximum Gasteiger partial charge on any atom is 0.240 e. The van der Waals surface area contributed by atoms with E-state index in [1.54, 1.807) is 31.4 Å². The second kappa shape index (κ2) is 10.9. The smallest absolute Gasteiger partial charge is 0.240 e. The molecule has 0 aliphatic rings. The quantitative estimate of drug-likeness (QED) is 0.485. The molecule has 2 N–H and O–H groups in total. The van der Waals surface area contributed by atoms with E-state index >= 15 is 0 Å². The van der Waals surface area contributed by atoms with Crippen molar-refractivity contribution in [1.82, 2.24) is 4.72 Å². The summed E-state index contributed by atoms with van der Waals surface area (Å²) < 4.78 is 32.9. The molecule has 168 valence electrons. The van der Waals surface area contributed by atoms with E-state index < -0.39 is 10.0 Å². The van der Waals surface area contributed by atoms with Gasteiger partial charge in [0.05, 0.1) is 17.7 Å². The molecule has 0 fully saturated rings. The molecule has 0 atom stereocenters. The van der Waals surface area contributed by atoms with Crippen molar-refractivity contribution in [3.05, 3.63) is 89.5 Å². The number of rotatable bonds is 10. The standard InChI is InChI=1S/C25H28N2O4S/c1-19-8-14-24(31-2)23(18-19)27-25(28)15-11-21-9-12-22(13-10-21)32(29,30)26-17-16-20-6-4-3-5-7-20/h3-10,12-14,18,26H,11,15-17H2,1-2H3,(H,27,28). The van der Waals surface area contributed by atoms with E-state index in [1.165, 1.54) is 0 Å². The Kier molecular flexibility index (Phi) is 8.03. The molecule has 0 radical (unpaired) electrons. The first kappa shape index (κ1) is 23.5. The van der Waals surface area contributed by atoms with Gasteiger partial charge >= 0.3 is 0 Å². The number of methoxy groups -OCH3 is 1. The summed E-state index contributed by atoms with van der Waals surface area (Å²) in [7, 11) is -2.01. The lowest BCUT2D eigenvalue weighted by Crippen LogP contribution is -2.26. The lowest BCUT2D eigenvalue weighted by atomic mass is 10.1. The SMILES string of the molecule is COc1ccc(C)cc1NC(=O)CCc1ccc(S(=O)(=O)NCCc2ccccc2)cc1. The zero-order valence-electron chi connectivity index (χ0n) is 18.3. The minimum absolute atomic E-state index is 0.131. The van der Waals surface area contributed by atoms with Crippen molar-refractivity contribution in [2.75, 3.05) is 19.0 Å². The van der Waals surface area contributed by atoms with Crippen molar-refractivity contribution in [2.24, 2.45) is 0 Å². The number of sulfonamides is 1. The first-order chi connectivity index (χ1) is 15.4. The molecule has 3 aromatic rings. The maximum atomic E-state index is 12.5. The molecule has 0 saturated heterocycles. The van der Waals surface area contributed by atoms with Crippen molar-refractivity contribution >= 4 is 21.6 Å². The summed E-state index contributed by atoms with van der Waals surface area (Å²) in [5, 5.41) is 2.87. The largest absolute Gasteiger partial charge is 0.495 e. The van der Waals surface area contributed by atoms with Gasteiger partial charge in [0, 0.05) is 13.0 Å². The van der Waals surface area contributed by atoms with Crippen LogP contribution in [0.15, 0.2) is 77.7 Å². The zero-order chi connectivity index (χ0) is 23.0. The molecule has 0 aromatic heterocycles. The highest BCUT2D eigenvalue weighted by Crippen LogP contribution is 2.25. The fourth-order valence-corrected chi connectivity index (χ4v) is 4.31. The number of carbonyl (C=O) groups excluding carboxylic acids is 1. The van der Waals surface area contributed by atoms with Crippen molar-refractivity contribution < 1.29 is 17.9 Å². The third kappa shape index (κ3) is 6.67. The molecule has 1 amide bonds. The van der Waals surface area contributed by atoms with Gasteiger partial charge in [-0.15, -0.1) is 0 Å². The van der Waals surface area contributed by atoms with Crippen LogP contribution in [0.25, 0.3) is 0 Å². The number of benzene rings is 3. The number of ether oxygens (including phenoxy) is 1. The lowest BCUT2D eigenvalue weighted by molar-refractivity contribution is -0.116. The summed E-state index contributed by atoms with van der Waals surface area (Å²) in [5.41, 5.74) is 3.63. The van der Waals surface area contributed by atoms with E-state index in [2.05, 4.69) is 10.0 Å². The van der Waals surface area contributed by atoms with Crippen molar-refractivity contribution in [3.8, 4) is 5.75 Å². The number of aryl methyl sites for hydroxylation is 2. The van der Waals surface area contributed by atoms with Crippen LogP contribution in [0.5, 0.6) is 5.75 Å². The zero-order valence-corrected chi connectivity index (χ0v) is 19.1. The molecule has 7 heteroatoms. The third-order valence-corrected chi connectivity index (χ3v) is 6.53. The van der Waals surface area contributed by atoms with Crippen LogP contribution in [0.4, 0.5) is 5.69 Å². The van der Waals surface area contributed by atoms with Crippen molar-refractivity contribution in [1.29, 1.82) is 0 Å². The normalized spacial score (nSPS) is 11.2. The Morgan fingerprint density at radius 1 is 0.906 bits per heavy atom. The molecule has 0 bridgehead atoms. The highest BCUT2D eigenvalue weighted by molar-refractivity contribution is 7.89. The van der Waals surface area contributed by atoms with Crippen LogP contribution in [0.2, 0.25) is 0 Å². The van der Waals surface area contributed by atoms with E-state index in [0.29, 0.717) is 30.8 Å². The Labute approximate surface area is 189 Å². The first-order valence-corrected chi connectivity index (χ1v) is 11.9. The second-order valence-corrected chi connectivity index (χ2v) is 9.30. The fraction of sp³-hybridized carbons (Fsp3) is 0.240. The van der Waals surface area contributed by atoms with Crippen LogP contribution >= 0.6 is 0 Å². The summed E-state index contributed by atoms with van der Waals surface area (Å²) >= 11 is 0. The molecule has 3 aromatic carbocycles. The Balaban J connectivity index is 1.51. The van der Waals surface area contributed by atoms with Gasteiger partial charge in [0.25, 0.3) is 0 Å². The number of carbonyl (C=O) groups is 1. The summed E-state index contributed by atoms with van der Waals surface area (Å²) in [6.45, 7) is 2.28. The van der Waals surface area contributed by atoms with Gasteiger partial charge in [0.2, 0.25) is 15.9 Å². The Morgan fingerprint density at radius 3 is 2.28 bits per heavy atom. The molecular formula is C25H28N2O4S. The summed E-state index contributed by atoms with van der Waals surface area (Å²) in [5.74, 6) is 0.478. The van der Waals surface area contributed by atoms with Gasteiger partial charge in [-0.2, -0.15) is 0 Å². The average Bonchev–Trinajstić information content (AvgIpc) is 2.79. The predicted octanol–water partition coefficient (Wildman–Crippen LogP) is 4.10. The second-order valence-electron chi connectivity index (χ2n) is 7.53. The van der Waals surface area contributed by atoms with Gasteiger partial charge in [-0.25, -0.2) is 13.1 Å². The van der Waals surface area contributed by atoms with E-state index in [4.69, 9.17) is 4.74 Å². The van der Waals surface area contributed by atoms with Crippen LogP contribution in [-0.4, -0.2) is 28.0 Å². The topological polar surface area (TPSA) is 84.5 Å². The van der Waals surface area contributed by atoms with E-state index in [-0.39, 0.29) is 17.2 Å². The molecule has 0 aliphatic carbocycles. The highest BCUT2D eigenvalue weighted by atomic mass is 32.2. The van der Waals surface area contributed by atoms with Crippen molar-refractivity contribution in [3.63, 3.8) is 0 Å². The van der Waals surface area contributed by atoms with Gasteiger partial charge in [-0.1, -0.05) is 48.5 Å². The van der Waals surface area contributed by atoms with E-state index in [1.807, 2.05) is 55.5 Å². The van der Waals surface area contributed by atoms with E-state index in [9.17, 15) is 13.2 Å². The summed E-state index contributed by atoms with van der Waals surface area (Å²) in [6, 6.07) is 21.9. The molecule has 0 spiro atoms. The van der Waals surface area contributed by atoms with Crippen LogP contribution in [0, 0.1) is 6.92 Å². The van der Waals surface area contributed by atoms with Crippen LogP contribution in [-0.2, 0) is 27.7 Å². The summed E-state index contributed by atoms with van der Waals surface area (Å²) in [4.78, 5) is 12.6. The number of amides is 1. The molecule has 3 rings (SSSR count).